The minimum Gasteiger partial charge on any atom is -0.314 e. The number of piperidine rings is 1. The lowest BCUT2D eigenvalue weighted by Gasteiger charge is -2.32. The molecule has 1 aliphatic carbocycles. The first-order valence-electron chi connectivity index (χ1n) is 8.41. The molecule has 21 heavy (non-hydrogen) atoms. The van der Waals surface area contributed by atoms with E-state index in [2.05, 4.69) is 36.4 Å². The maximum absolute atomic E-state index is 4.82. The molecule has 3 rings (SSSR count). The van der Waals surface area contributed by atoms with Gasteiger partial charge < -0.3 is 5.32 Å². The van der Waals surface area contributed by atoms with Crippen LogP contribution in [0.3, 0.4) is 0 Å². The van der Waals surface area contributed by atoms with Gasteiger partial charge in [-0.1, -0.05) is 20.8 Å². The van der Waals surface area contributed by atoms with Crippen LogP contribution in [-0.4, -0.2) is 35.6 Å². The van der Waals surface area contributed by atoms with E-state index in [1.54, 1.807) is 0 Å². The van der Waals surface area contributed by atoms with Crippen molar-refractivity contribution in [1.82, 2.24) is 15.2 Å². The second-order valence-corrected chi connectivity index (χ2v) is 8.72. The summed E-state index contributed by atoms with van der Waals surface area (Å²) in [6.07, 6.45) is 5.49. The molecule has 0 spiro atoms. The molecule has 0 aromatic carbocycles. The molecule has 2 aliphatic rings. The summed E-state index contributed by atoms with van der Waals surface area (Å²) in [5.41, 5.74) is 1.41. The summed E-state index contributed by atoms with van der Waals surface area (Å²) in [7, 11) is 0. The number of nitrogens with one attached hydrogen (secondary N) is 1. The molecule has 1 saturated heterocycles. The average molecular weight is 308 g/mol. The van der Waals surface area contributed by atoms with Crippen molar-refractivity contribution in [2.45, 2.75) is 64.5 Å². The number of rotatable bonds is 5. The SMILES string of the molecule is CC(C)(C)c1csc(CN2CCC(NCC3CC3)CC2)n1. The third-order valence-electron chi connectivity index (χ3n) is 4.66. The highest BCUT2D eigenvalue weighted by atomic mass is 32.1. The molecule has 2 heterocycles. The van der Waals surface area contributed by atoms with Crippen molar-refractivity contribution in [3.63, 3.8) is 0 Å². The summed E-state index contributed by atoms with van der Waals surface area (Å²) in [4.78, 5) is 7.39. The third kappa shape index (κ3) is 4.51. The van der Waals surface area contributed by atoms with Gasteiger partial charge in [-0.25, -0.2) is 4.98 Å². The maximum atomic E-state index is 4.82. The van der Waals surface area contributed by atoms with Gasteiger partial charge in [0.05, 0.1) is 12.2 Å². The minimum absolute atomic E-state index is 0.175. The molecule has 0 radical (unpaired) electrons. The van der Waals surface area contributed by atoms with Crippen LogP contribution in [0.2, 0.25) is 0 Å². The first-order chi connectivity index (χ1) is 10.0. The van der Waals surface area contributed by atoms with E-state index >= 15 is 0 Å². The van der Waals surface area contributed by atoms with E-state index < -0.39 is 0 Å². The number of nitrogens with zero attached hydrogens (tertiary/aromatic N) is 2. The van der Waals surface area contributed by atoms with E-state index in [9.17, 15) is 0 Å². The van der Waals surface area contributed by atoms with Gasteiger partial charge in [0, 0.05) is 29.9 Å². The second-order valence-electron chi connectivity index (χ2n) is 7.78. The van der Waals surface area contributed by atoms with Crippen molar-refractivity contribution < 1.29 is 0 Å². The van der Waals surface area contributed by atoms with Gasteiger partial charge in [0.25, 0.3) is 0 Å². The lowest BCUT2D eigenvalue weighted by molar-refractivity contribution is 0.190. The van der Waals surface area contributed by atoms with Crippen LogP contribution in [0.5, 0.6) is 0 Å². The van der Waals surface area contributed by atoms with Crippen LogP contribution in [0.15, 0.2) is 5.38 Å². The van der Waals surface area contributed by atoms with Gasteiger partial charge >= 0.3 is 0 Å². The van der Waals surface area contributed by atoms with E-state index in [0.717, 1.165) is 18.5 Å². The molecule has 0 unspecified atom stereocenters. The van der Waals surface area contributed by atoms with E-state index in [-0.39, 0.29) is 5.41 Å². The van der Waals surface area contributed by atoms with Gasteiger partial charge in [0.1, 0.15) is 5.01 Å². The molecule has 0 amide bonds. The first-order valence-corrected chi connectivity index (χ1v) is 9.29. The zero-order valence-electron chi connectivity index (χ0n) is 13.7. The van der Waals surface area contributed by atoms with Crippen LogP contribution >= 0.6 is 11.3 Å². The number of aromatic nitrogens is 1. The van der Waals surface area contributed by atoms with Gasteiger partial charge in [-0.3, -0.25) is 4.90 Å². The van der Waals surface area contributed by atoms with Crippen LogP contribution in [0, 0.1) is 5.92 Å². The van der Waals surface area contributed by atoms with Crippen LogP contribution in [-0.2, 0) is 12.0 Å². The Morgan fingerprint density at radius 3 is 2.52 bits per heavy atom. The lowest BCUT2D eigenvalue weighted by Crippen LogP contribution is -2.42. The summed E-state index contributed by atoms with van der Waals surface area (Å²) >= 11 is 1.82. The lowest BCUT2D eigenvalue weighted by atomic mass is 9.93. The average Bonchev–Trinajstić information content (AvgIpc) is 3.14. The van der Waals surface area contributed by atoms with Gasteiger partial charge in [-0.15, -0.1) is 11.3 Å². The normalized spacial score (nSPS) is 21.9. The molecule has 1 aliphatic heterocycles. The zero-order chi connectivity index (χ0) is 14.9. The Labute approximate surface area is 133 Å². The Morgan fingerprint density at radius 2 is 1.95 bits per heavy atom. The van der Waals surface area contributed by atoms with Crippen LogP contribution in [0.1, 0.15) is 57.2 Å². The molecule has 2 fully saturated rings. The molecule has 1 saturated carbocycles. The smallest absolute Gasteiger partial charge is 0.107 e. The topological polar surface area (TPSA) is 28.2 Å². The molecular weight excluding hydrogens is 278 g/mol. The Hall–Kier alpha value is -0.450. The van der Waals surface area contributed by atoms with Crippen LogP contribution in [0.25, 0.3) is 0 Å². The molecule has 3 nitrogen and oxygen atoms in total. The first kappa shape index (κ1) is 15.4. The second kappa shape index (κ2) is 6.35. The Bertz CT molecular complexity index is 451. The summed E-state index contributed by atoms with van der Waals surface area (Å²) in [5, 5.41) is 7.27. The number of hydrogen-bond acceptors (Lipinski definition) is 4. The van der Waals surface area contributed by atoms with Gasteiger partial charge in [-0.05, 0) is 38.1 Å². The Balaban J connectivity index is 1.43. The summed E-state index contributed by atoms with van der Waals surface area (Å²) < 4.78 is 0. The molecule has 0 atom stereocenters. The van der Waals surface area contributed by atoms with Gasteiger partial charge in [-0.2, -0.15) is 0 Å². The predicted molar refractivity (Wildman–Crippen MR) is 89.8 cm³/mol. The van der Waals surface area contributed by atoms with Crippen LogP contribution in [0.4, 0.5) is 0 Å². The fourth-order valence-electron chi connectivity index (χ4n) is 2.87. The van der Waals surface area contributed by atoms with Crippen molar-refractivity contribution in [1.29, 1.82) is 0 Å². The van der Waals surface area contributed by atoms with Crippen molar-refractivity contribution >= 4 is 11.3 Å². The highest BCUT2D eigenvalue weighted by molar-refractivity contribution is 7.09. The van der Waals surface area contributed by atoms with Gasteiger partial charge in [0.15, 0.2) is 0 Å². The molecule has 1 aromatic rings. The summed E-state index contributed by atoms with van der Waals surface area (Å²) in [6.45, 7) is 11.4. The fraction of sp³-hybridized carbons (Fsp3) is 0.824. The number of thiazole rings is 1. The van der Waals surface area contributed by atoms with Crippen molar-refractivity contribution in [3.05, 3.63) is 16.1 Å². The quantitative estimate of drug-likeness (QED) is 0.903. The fourth-order valence-corrected chi connectivity index (χ4v) is 3.93. The Morgan fingerprint density at radius 1 is 1.24 bits per heavy atom. The predicted octanol–water partition coefficient (Wildman–Crippen LogP) is 3.40. The monoisotopic (exact) mass is 307 g/mol. The molecule has 1 N–H and O–H groups in total. The van der Waals surface area contributed by atoms with E-state index in [0.29, 0.717) is 0 Å². The molecular formula is C17H29N3S. The van der Waals surface area contributed by atoms with Crippen LogP contribution < -0.4 is 5.32 Å². The molecule has 4 heteroatoms. The minimum atomic E-state index is 0.175. The van der Waals surface area contributed by atoms with Crippen molar-refractivity contribution in [2.75, 3.05) is 19.6 Å². The highest BCUT2D eigenvalue weighted by Gasteiger charge is 2.25. The zero-order valence-corrected chi connectivity index (χ0v) is 14.5. The summed E-state index contributed by atoms with van der Waals surface area (Å²) in [5.74, 6) is 0.995. The van der Waals surface area contributed by atoms with E-state index in [1.165, 1.54) is 56.0 Å². The number of hydrogen-bond donors (Lipinski definition) is 1. The van der Waals surface area contributed by atoms with Crippen molar-refractivity contribution in [3.8, 4) is 0 Å². The van der Waals surface area contributed by atoms with E-state index in [4.69, 9.17) is 4.98 Å². The maximum Gasteiger partial charge on any atom is 0.107 e. The van der Waals surface area contributed by atoms with E-state index in [1.807, 2.05) is 11.3 Å². The van der Waals surface area contributed by atoms with Gasteiger partial charge in [0.2, 0.25) is 0 Å². The number of likely N-dealkylation sites (tertiary alicyclic amines) is 1. The Kier molecular flexibility index (Phi) is 4.67. The highest BCUT2D eigenvalue weighted by Crippen LogP contribution is 2.28. The standard InChI is InChI=1S/C17H29N3S/c1-17(2,3)15-12-21-16(19-15)11-20-8-6-14(7-9-20)18-10-13-4-5-13/h12-14,18H,4-11H2,1-3H3. The molecule has 0 bridgehead atoms. The van der Waals surface area contributed by atoms with Crippen molar-refractivity contribution in [2.24, 2.45) is 5.92 Å². The molecule has 1 aromatic heterocycles. The summed E-state index contributed by atoms with van der Waals surface area (Å²) in [6, 6.07) is 0.753. The largest absolute Gasteiger partial charge is 0.314 e. The third-order valence-corrected chi connectivity index (χ3v) is 5.49. The molecule has 118 valence electrons.